The van der Waals surface area contributed by atoms with Gasteiger partial charge in [0.1, 0.15) is 6.09 Å². The maximum Gasteiger partial charge on any atom is 0.136 e. The van der Waals surface area contributed by atoms with Gasteiger partial charge in [0, 0.05) is 13.1 Å². The van der Waals surface area contributed by atoms with Crippen molar-refractivity contribution in [3.63, 3.8) is 0 Å². The zero-order valence-corrected chi connectivity index (χ0v) is 5.46. The van der Waals surface area contributed by atoms with E-state index >= 15 is 0 Å². The predicted molar refractivity (Wildman–Crippen MR) is 30.7 cm³/mol. The van der Waals surface area contributed by atoms with Gasteiger partial charge >= 0.3 is 0 Å². The number of rotatable bonds is 0. The lowest BCUT2D eigenvalue weighted by atomic mass is 10.2. The third kappa shape index (κ3) is 1.34. The van der Waals surface area contributed by atoms with Crippen molar-refractivity contribution in [3.05, 3.63) is 0 Å². The molecule has 0 aliphatic carbocycles. The zero-order valence-electron chi connectivity index (χ0n) is 5.46. The lowest BCUT2D eigenvalue weighted by Gasteiger charge is -2.17. The summed E-state index contributed by atoms with van der Waals surface area (Å²) < 4.78 is 0. The lowest BCUT2D eigenvalue weighted by Crippen LogP contribution is -2.39. The van der Waals surface area contributed by atoms with Gasteiger partial charge in [0.25, 0.3) is 0 Å². The second kappa shape index (κ2) is 2.25. The van der Waals surface area contributed by atoms with Crippen molar-refractivity contribution >= 4 is 6.09 Å². The largest absolute Gasteiger partial charge is 0.530 e. The lowest BCUT2D eigenvalue weighted by molar-refractivity contribution is -0.264. The van der Waals surface area contributed by atoms with Crippen LogP contribution in [0.4, 0.5) is 4.79 Å². The minimum atomic E-state index is -1.03. The molecule has 1 saturated heterocycles. The van der Waals surface area contributed by atoms with E-state index in [2.05, 4.69) is 0 Å². The molecule has 0 spiro atoms. The SMILES string of the molecule is CC1CCN(C(=O)[O-])C1. The molecule has 1 atom stereocenters. The molecule has 1 rings (SSSR count). The van der Waals surface area contributed by atoms with Crippen molar-refractivity contribution in [3.8, 4) is 0 Å². The highest BCUT2D eigenvalue weighted by Crippen LogP contribution is 2.13. The van der Waals surface area contributed by atoms with E-state index in [-0.39, 0.29) is 0 Å². The smallest absolute Gasteiger partial charge is 0.136 e. The Bertz CT molecular complexity index is 124. The molecule has 1 fully saturated rings. The van der Waals surface area contributed by atoms with E-state index in [4.69, 9.17) is 0 Å². The molecule has 0 bridgehead atoms. The molecule has 1 heterocycles. The first-order valence-corrected chi connectivity index (χ1v) is 3.16. The summed E-state index contributed by atoms with van der Waals surface area (Å²) in [5.41, 5.74) is 0. The summed E-state index contributed by atoms with van der Waals surface area (Å²) >= 11 is 0. The maximum atomic E-state index is 10.2. The van der Waals surface area contributed by atoms with E-state index < -0.39 is 6.09 Å². The van der Waals surface area contributed by atoms with Crippen LogP contribution in [-0.2, 0) is 0 Å². The summed E-state index contributed by atoms with van der Waals surface area (Å²) in [6.45, 7) is 3.36. The molecule has 0 radical (unpaired) electrons. The minimum absolute atomic E-state index is 0.517. The molecule has 3 nitrogen and oxygen atoms in total. The number of hydrogen-bond acceptors (Lipinski definition) is 2. The summed E-state index contributed by atoms with van der Waals surface area (Å²) in [5.74, 6) is 0.517. The Morgan fingerprint density at radius 1 is 1.78 bits per heavy atom. The Hall–Kier alpha value is -0.730. The number of carbonyl (C=O) groups is 1. The number of carboxylic acid groups (broad SMARTS) is 1. The average molecular weight is 128 g/mol. The molecule has 0 aromatic rings. The number of carbonyl (C=O) groups excluding carboxylic acids is 1. The summed E-state index contributed by atoms with van der Waals surface area (Å²) in [4.78, 5) is 11.5. The monoisotopic (exact) mass is 128 g/mol. The van der Waals surface area contributed by atoms with Gasteiger partial charge in [0.15, 0.2) is 0 Å². The molecule has 1 unspecified atom stereocenters. The van der Waals surface area contributed by atoms with Gasteiger partial charge in [0.2, 0.25) is 0 Å². The van der Waals surface area contributed by atoms with Gasteiger partial charge in [0.05, 0.1) is 0 Å². The summed E-state index contributed by atoms with van der Waals surface area (Å²) in [5, 5.41) is 10.2. The third-order valence-electron chi connectivity index (χ3n) is 1.68. The first kappa shape index (κ1) is 6.39. The molecule has 1 aliphatic rings. The molecular weight excluding hydrogens is 118 g/mol. The van der Waals surface area contributed by atoms with E-state index in [1.165, 1.54) is 4.90 Å². The fourth-order valence-electron chi connectivity index (χ4n) is 1.10. The highest BCUT2D eigenvalue weighted by molar-refractivity contribution is 5.62. The molecule has 0 N–H and O–H groups in total. The van der Waals surface area contributed by atoms with Crippen LogP contribution in [0.2, 0.25) is 0 Å². The van der Waals surface area contributed by atoms with Crippen LogP contribution in [0.15, 0.2) is 0 Å². The summed E-state index contributed by atoms with van der Waals surface area (Å²) in [6, 6.07) is 0. The minimum Gasteiger partial charge on any atom is -0.530 e. The highest BCUT2D eigenvalue weighted by atomic mass is 16.4. The van der Waals surface area contributed by atoms with Crippen LogP contribution in [-0.4, -0.2) is 24.1 Å². The molecule has 3 heteroatoms. The summed E-state index contributed by atoms with van der Waals surface area (Å²) in [6.07, 6.45) is -0.0482. The van der Waals surface area contributed by atoms with Gasteiger partial charge in [-0.1, -0.05) is 6.92 Å². The van der Waals surface area contributed by atoms with Crippen LogP contribution in [0.3, 0.4) is 0 Å². The highest BCUT2D eigenvalue weighted by Gasteiger charge is 2.17. The number of amides is 1. The van der Waals surface area contributed by atoms with E-state index in [0.717, 1.165) is 6.42 Å². The Kier molecular flexibility index (Phi) is 1.60. The Balaban J connectivity index is 2.39. The topological polar surface area (TPSA) is 43.4 Å². The van der Waals surface area contributed by atoms with E-state index in [0.29, 0.717) is 19.0 Å². The van der Waals surface area contributed by atoms with Crippen LogP contribution in [0.5, 0.6) is 0 Å². The number of likely N-dealkylation sites (tertiary alicyclic amines) is 1. The van der Waals surface area contributed by atoms with E-state index in [9.17, 15) is 9.90 Å². The van der Waals surface area contributed by atoms with Crippen LogP contribution < -0.4 is 5.11 Å². The normalized spacial score (nSPS) is 26.8. The first-order valence-electron chi connectivity index (χ1n) is 3.16. The first-order chi connectivity index (χ1) is 4.20. The van der Waals surface area contributed by atoms with Gasteiger partial charge in [-0.25, -0.2) is 0 Å². The molecule has 0 saturated carbocycles. The average Bonchev–Trinajstić information content (AvgIpc) is 2.14. The van der Waals surface area contributed by atoms with Crippen LogP contribution in [0.1, 0.15) is 13.3 Å². The van der Waals surface area contributed by atoms with Crippen molar-refractivity contribution < 1.29 is 9.90 Å². The second-order valence-electron chi connectivity index (χ2n) is 2.61. The van der Waals surface area contributed by atoms with Crippen molar-refractivity contribution in [1.29, 1.82) is 0 Å². The molecule has 1 aliphatic heterocycles. The van der Waals surface area contributed by atoms with Crippen LogP contribution in [0.25, 0.3) is 0 Å². The van der Waals surface area contributed by atoms with Crippen LogP contribution >= 0.6 is 0 Å². The Labute approximate surface area is 54.3 Å². The molecule has 9 heavy (non-hydrogen) atoms. The standard InChI is InChI=1S/C6H11NO2/c1-5-2-3-7(4-5)6(8)9/h5H,2-4H2,1H3,(H,8,9)/p-1. The van der Waals surface area contributed by atoms with Gasteiger partial charge in [-0.15, -0.1) is 0 Å². The molecule has 0 aromatic heterocycles. The van der Waals surface area contributed by atoms with Gasteiger partial charge < -0.3 is 14.8 Å². The molecule has 0 aromatic carbocycles. The summed E-state index contributed by atoms with van der Waals surface area (Å²) in [7, 11) is 0. The van der Waals surface area contributed by atoms with Crippen molar-refractivity contribution in [2.45, 2.75) is 13.3 Å². The van der Waals surface area contributed by atoms with Crippen molar-refractivity contribution in [1.82, 2.24) is 4.90 Å². The van der Waals surface area contributed by atoms with Gasteiger partial charge in [-0.05, 0) is 12.3 Å². The van der Waals surface area contributed by atoms with Crippen molar-refractivity contribution in [2.24, 2.45) is 5.92 Å². The van der Waals surface area contributed by atoms with E-state index in [1.807, 2.05) is 6.92 Å². The number of nitrogens with zero attached hydrogens (tertiary/aromatic N) is 1. The second-order valence-corrected chi connectivity index (χ2v) is 2.61. The van der Waals surface area contributed by atoms with Crippen molar-refractivity contribution in [2.75, 3.05) is 13.1 Å². The van der Waals surface area contributed by atoms with Crippen LogP contribution in [0, 0.1) is 5.92 Å². The molecular formula is C6H10NO2-. The quantitative estimate of drug-likeness (QED) is 0.448. The molecule has 1 amide bonds. The van der Waals surface area contributed by atoms with E-state index in [1.54, 1.807) is 0 Å². The Morgan fingerprint density at radius 3 is 2.67 bits per heavy atom. The fourth-order valence-corrected chi connectivity index (χ4v) is 1.10. The molecule has 52 valence electrons. The van der Waals surface area contributed by atoms with Gasteiger partial charge in [-0.2, -0.15) is 0 Å². The Morgan fingerprint density at radius 2 is 2.44 bits per heavy atom. The predicted octanol–water partition coefficient (Wildman–Crippen LogP) is -0.329. The zero-order chi connectivity index (χ0) is 6.85. The number of hydrogen-bond donors (Lipinski definition) is 0. The van der Waals surface area contributed by atoms with Gasteiger partial charge in [-0.3, -0.25) is 0 Å². The maximum absolute atomic E-state index is 10.2. The third-order valence-corrected chi connectivity index (χ3v) is 1.68. The fraction of sp³-hybridized carbons (Fsp3) is 0.833.